The zero-order chi connectivity index (χ0) is 11.5. The molecule has 1 amide bonds. The lowest BCUT2D eigenvalue weighted by molar-refractivity contribution is -0.126. The minimum absolute atomic E-state index is 0.0883. The van der Waals surface area contributed by atoms with Gasteiger partial charge in [-0.1, -0.05) is 6.42 Å². The highest BCUT2D eigenvalue weighted by Crippen LogP contribution is 2.42. The largest absolute Gasteiger partial charge is 0.353 e. The van der Waals surface area contributed by atoms with Gasteiger partial charge in [-0.25, -0.2) is 0 Å². The number of carbonyl (C=O) groups excluding carboxylic acids is 1. The first kappa shape index (κ1) is 12.8. The summed E-state index contributed by atoms with van der Waals surface area (Å²) in [4.78, 5) is 11.8. The Hall–Kier alpha value is -0.220. The highest BCUT2D eigenvalue weighted by Gasteiger charge is 2.37. The quantitative estimate of drug-likeness (QED) is 0.750. The number of hydrogen-bond acceptors (Lipinski definition) is 3. The summed E-state index contributed by atoms with van der Waals surface area (Å²) >= 11 is 1.88. The monoisotopic (exact) mass is 230 g/mol. The molecule has 0 unspecified atom stereocenters. The van der Waals surface area contributed by atoms with Gasteiger partial charge in [0.05, 0.1) is 5.54 Å². The van der Waals surface area contributed by atoms with E-state index in [1.54, 1.807) is 0 Å². The molecule has 0 aromatic carbocycles. The van der Waals surface area contributed by atoms with Gasteiger partial charge in [-0.2, -0.15) is 11.8 Å². The van der Waals surface area contributed by atoms with E-state index in [1.807, 2.05) is 32.7 Å². The Morgan fingerprint density at radius 3 is 2.40 bits per heavy atom. The van der Waals surface area contributed by atoms with E-state index in [9.17, 15) is 4.79 Å². The van der Waals surface area contributed by atoms with Crippen LogP contribution in [0.15, 0.2) is 0 Å². The van der Waals surface area contributed by atoms with Gasteiger partial charge in [-0.15, -0.1) is 0 Å². The maximum Gasteiger partial charge on any atom is 0.239 e. The second kappa shape index (κ2) is 4.74. The summed E-state index contributed by atoms with van der Waals surface area (Å²) in [6.45, 7) is 4.60. The average molecular weight is 230 g/mol. The SMILES string of the molecule is CNC(C)(C)C(=O)NCC1(SC)CCC1. The van der Waals surface area contributed by atoms with Gasteiger partial charge >= 0.3 is 0 Å². The summed E-state index contributed by atoms with van der Waals surface area (Å²) in [6, 6.07) is 0. The Bertz CT molecular complexity index is 231. The Kier molecular flexibility index (Phi) is 4.06. The third-order valence-corrected chi connectivity index (χ3v) is 4.88. The second-order valence-corrected chi connectivity index (χ2v) is 6.07. The first-order chi connectivity index (χ1) is 6.96. The molecular formula is C11H22N2OS. The number of thioether (sulfide) groups is 1. The van der Waals surface area contributed by atoms with Crippen LogP contribution in [-0.4, -0.2) is 36.0 Å². The van der Waals surface area contributed by atoms with E-state index in [4.69, 9.17) is 0 Å². The van der Waals surface area contributed by atoms with E-state index in [1.165, 1.54) is 19.3 Å². The van der Waals surface area contributed by atoms with Crippen molar-refractivity contribution >= 4 is 17.7 Å². The standard InChI is InChI=1S/C11H22N2OS/c1-10(2,12-3)9(14)13-8-11(15-4)6-5-7-11/h12H,5-8H2,1-4H3,(H,13,14). The van der Waals surface area contributed by atoms with Crippen LogP contribution in [0.2, 0.25) is 0 Å². The highest BCUT2D eigenvalue weighted by molar-refractivity contribution is 8.00. The second-order valence-electron chi connectivity index (χ2n) is 4.80. The van der Waals surface area contributed by atoms with E-state index >= 15 is 0 Å². The fraction of sp³-hybridized carbons (Fsp3) is 0.909. The number of rotatable bonds is 5. The number of amides is 1. The van der Waals surface area contributed by atoms with Crippen LogP contribution in [0, 0.1) is 0 Å². The Labute approximate surface area is 96.8 Å². The van der Waals surface area contributed by atoms with Crippen LogP contribution in [-0.2, 0) is 4.79 Å². The molecule has 3 nitrogen and oxygen atoms in total. The van der Waals surface area contributed by atoms with Gasteiger partial charge in [-0.3, -0.25) is 4.79 Å². The smallest absolute Gasteiger partial charge is 0.239 e. The molecule has 0 aromatic rings. The van der Waals surface area contributed by atoms with Crippen LogP contribution in [0.1, 0.15) is 33.1 Å². The molecule has 4 heteroatoms. The molecule has 15 heavy (non-hydrogen) atoms. The van der Waals surface area contributed by atoms with Crippen molar-refractivity contribution in [1.82, 2.24) is 10.6 Å². The lowest BCUT2D eigenvalue weighted by atomic mass is 9.84. The van der Waals surface area contributed by atoms with Crippen molar-refractivity contribution in [1.29, 1.82) is 0 Å². The van der Waals surface area contributed by atoms with Crippen LogP contribution in [0.25, 0.3) is 0 Å². The molecule has 1 saturated carbocycles. The van der Waals surface area contributed by atoms with Gasteiger partial charge in [0.25, 0.3) is 0 Å². The molecule has 1 aliphatic rings. The maximum absolute atomic E-state index is 11.8. The van der Waals surface area contributed by atoms with E-state index < -0.39 is 5.54 Å². The predicted molar refractivity (Wildman–Crippen MR) is 66.2 cm³/mol. The van der Waals surface area contributed by atoms with Gasteiger partial charge < -0.3 is 10.6 Å². The summed E-state index contributed by atoms with van der Waals surface area (Å²) in [7, 11) is 1.81. The van der Waals surface area contributed by atoms with Crippen molar-refractivity contribution in [3.05, 3.63) is 0 Å². The molecule has 0 aliphatic heterocycles. The molecule has 0 aromatic heterocycles. The lowest BCUT2D eigenvalue weighted by Crippen LogP contribution is -2.55. The fourth-order valence-corrected chi connectivity index (χ4v) is 2.51. The van der Waals surface area contributed by atoms with E-state index in [2.05, 4.69) is 16.9 Å². The van der Waals surface area contributed by atoms with Gasteiger partial charge in [-0.05, 0) is 40.0 Å². The van der Waals surface area contributed by atoms with Crippen molar-refractivity contribution < 1.29 is 4.79 Å². The molecule has 88 valence electrons. The Morgan fingerprint density at radius 2 is 2.07 bits per heavy atom. The number of nitrogens with one attached hydrogen (secondary N) is 2. The van der Waals surface area contributed by atoms with Crippen LogP contribution in [0.5, 0.6) is 0 Å². The molecule has 0 heterocycles. The first-order valence-corrected chi connectivity index (χ1v) is 6.71. The summed E-state index contributed by atoms with van der Waals surface area (Å²) in [6.07, 6.45) is 5.89. The van der Waals surface area contributed by atoms with E-state index in [0.717, 1.165) is 6.54 Å². The molecule has 0 atom stereocenters. The zero-order valence-electron chi connectivity index (χ0n) is 10.1. The molecule has 0 saturated heterocycles. The number of likely N-dealkylation sites (N-methyl/N-ethyl adjacent to an activating group) is 1. The van der Waals surface area contributed by atoms with Crippen molar-refractivity contribution in [2.75, 3.05) is 19.8 Å². The molecule has 1 fully saturated rings. The fourth-order valence-electron chi connectivity index (χ4n) is 1.60. The molecule has 0 radical (unpaired) electrons. The average Bonchev–Trinajstić information content (AvgIpc) is 2.16. The third-order valence-electron chi connectivity index (χ3n) is 3.46. The van der Waals surface area contributed by atoms with E-state index in [-0.39, 0.29) is 5.91 Å². The van der Waals surface area contributed by atoms with Crippen LogP contribution in [0.3, 0.4) is 0 Å². The Morgan fingerprint density at radius 1 is 1.47 bits per heavy atom. The highest BCUT2D eigenvalue weighted by atomic mass is 32.2. The molecule has 1 rings (SSSR count). The summed E-state index contributed by atoms with van der Waals surface area (Å²) in [5, 5.41) is 6.06. The minimum Gasteiger partial charge on any atom is -0.353 e. The van der Waals surface area contributed by atoms with Gasteiger partial charge in [0.1, 0.15) is 0 Å². The molecule has 0 spiro atoms. The topological polar surface area (TPSA) is 41.1 Å². The summed E-state index contributed by atoms with van der Waals surface area (Å²) < 4.78 is 0.319. The van der Waals surface area contributed by atoms with Crippen LogP contribution in [0.4, 0.5) is 0 Å². The number of carbonyl (C=O) groups is 1. The van der Waals surface area contributed by atoms with Crippen LogP contribution < -0.4 is 10.6 Å². The van der Waals surface area contributed by atoms with Crippen molar-refractivity contribution in [3.63, 3.8) is 0 Å². The molecule has 2 N–H and O–H groups in total. The van der Waals surface area contributed by atoms with Gasteiger partial charge in [0.15, 0.2) is 0 Å². The maximum atomic E-state index is 11.8. The van der Waals surface area contributed by atoms with Gasteiger partial charge in [0, 0.05) is 11.3 Å². The third kappa shape index (κ3) is 2.88. The minimum atomic E-state index is -0.469. The van der Waals surface area contributed by atoms with Crippen LogP contribution >= 0.6 is 11.8 Å². The predicted octanol–water partition coefficient (Wildman–Crippen LogP) is 1.39. The first-order valence-electron chi connectivity index (χ1n) is 5.48. The molecular weight excluding hydrogens is 208 g/mol. The van der Waals surface area contributed by atoms with Gasteiger partial charge in [0.2, 0.25) is 5.91 Å². The van der Waals surface area contributed by atoms with Crippen molar-refractivity contribution in [2.45, 2.75) is 43.4 Å². The zero-order valence-corrected chi connectivity index (χ0v) is 11.0. The van der Waals surface area contributed by atoms with Crippen molar-refractivity contribution in [3.8, 4) is 0 Å². The summed E-state index contributed by atoms with van der Waals surface area (Å²) in [5.41, 5.74) is -0.469. The molecule has 1 aliphatic carbocycles. The molecule has 0 bridgehead atoms. The number of hydrogen-bond donors (Lipinski definition) is 2. The summed E-state index contributed by atoms with van der Waals surface area (Å²) in [5.74, 6) is 0.0883. The lowest BCUT2D eigenvalue weighted by Gasteiger charge is -2.41. The Balaban J connectivity index is 2.40. The van der Waals surface area contributed by atoms with E-state index in [0.29, 0.717) is 4.75 Å². The van der Waals surface area contributed by atoms with Crippen molar-refractivity contribution in [2.24, 2.45) is 0 Å². The normalized spacial score (nSPS) is 19.5.